The van der Waals surface area contributed by atoms with Gasteiger partial charge in [-0.05, 0) is 25.0 Å². The highest BCUT2D eigenvalue weighted by Gasteiger charge is 2.12. The first-order valence-electron chi connectivity index (χ1n) is 6.95. The van der Waals surface area contributed by atoms with E-state index >= 15 is 0 Å². The van der Waals surface area contributed by atoms with E-state index in [0.717, 1.165) is 22.4 Å². The fourth-order valence-electron chi connectivity index (χ4n) is 2.25. The monoisotopic (exact) mass is 286 g/mol. The number of nitrogens with two attached hydrogens (primary N) is 1. The Kier molecular flexibility index (Phi) is 4.43. The van der Waals surface area contributed by atoms with Crippen molar-refractivity contribution in [1.82, 2.24) is 9.78 Å². The Hall–Kier alpha value is -2.14. The van der Waals surface area contributed by atoms with E-state index in [1.54, 1.807) is 12.3 Å². The number of aromatic nitrogens is 2. The summed E-state index contributed by atoms with van der Waals surface area (Å²) < 4.78 is 1.42. The SMILES string of the molecule is Cc1ccc(C)c(C(N)Cn2ncc(N(C)C)cc2=O)c1. The number of aryl methyl sites for hydroxylation is 2. The van der Waals surface area contributed by atoms with Gasteiger partial charge < -0.3 is 10.6 Å². The van der Waals surface area contributed by atoms with E-state index in [-0.39, 0.29) is 11.6 Å². The lowest BCUT2D eigenvalue weighted by Gasteiger charge is -2.17. The van der Waals surface area contributed by atoms with E-state index in [1.165, 1.54) is 4.68 Å². The van der Waals surface area contributed by atoms with Crippen LogP contribution in [0.1, 0.15) is 22.7 Å². The van der Waals surface area contributed by atoms with Crippen LogP contribution in [-0.2, 0) is 6.54 Å². The van der Waals surface area contributed by atoms with Gasteiger partial charge in [0.15, 0.2) is 0 Å². The summed E-state index contributed by atoms with van der Waals surface area (Å²) in [7, 11) is 3.76. The summed E-state index contributed by atoms with van der Waals surface area (Å²) in [5, 5.41) is 4.20. The molecule has 1 aromatic heterocycles. The predicted octanol–water partition coefficient (Wildman–Crippen LogP) is 1.63. The molecule has 0 bridgehead atoms. The molecule has 0 radical (unpaired) electrons. The van der Waals surface area contributed by atoms with E-state index in [0.29, 0.717) is 6.54 Å². The van der Waals surface area contributed by atoms with Crippen molar-refractivity contribution in [3.8, 4) is 0 Å². The molecule has 1 heterocycles. The molecular weight excluding hydrogens is 264 g/mol. The highest BCUT2D eigenvalue weighted by atomic mass is 16.1. The summed E-state index contributed by atoms with van der Waals surface area (Å²) >= 11 is 0. The lowest BCUT2D eigenvalue weighted by Crippen LogP contribution is -2.29. The van der Waals surface area contributed by atoms with Gasteiger partial charge in [0.05, 0.1) is 18.4 Å². The van der Waals surface area contributed by atoms with Crippen LogP contribution in [0.15, 0.2) is 35.3 Å². The van der Waals surface area contributed by atoms with Gasteiger partial charge in [-0.3, -0.25) is 4.79 Å². The van der Waals surface area contributed by atoms with E-state index in [9.17, 15) is 4.79 Å². The molecule has 112 valence electrons. The number of rotatable bonds is 4. The molecule has 0 saturated heterocycles. The average molecular weight is 286 g/mol. The molecule has 2 N–H and O–H groups in total. The second-order valence-corrected chi connectivity index (χ2v) is 5.60. The zero-order valence-electron chi connectivity index (χ0n) is 13.0. The molecule has 1 atom stereocenters. The Labute approximate surface area is 125 Å². The third kappa shape index (κ3) is 3.49. The number of nitrogens with zero attached hydrogens (tertiary/aromatic N) is 3. The molecule has 0 aliphatic heterocycles. The fraction of sp³-hybridized carbons (Fsp3) is 0.375. The normalized spacial score (nSPS) is 12.2. The van der Waals surface area contributed by atoms with Crippen LogP contribution in [0.25, 0.3) is 0 Å². The van der Waals surface area contributed by atoms with Gasteiger partial charge in [-0.2, -0.15) is 5.10 Å². The van der Waals surface area contributed by atoms with Crippen molar-refractivity contribution >= 4 is 5.69 Å². The molecule has 0 saturated carbocycles. The van der Waals surface area contributed by atoms with Crippen molar-refractivity contribution in [3.63, 3.8) is 0 Å². The molecule has 0 amide bonds. The molecular formula is C16H22N4O. The lowest BCUT2D eigenvalue weighted by molar-refractivity contribution is 0.502. The molecule has 5 nitrogen and oxygen atoms in total. The van der Waals surface area contributed by atoms with E-state index in [4.69, 9.17) is 5.73 Å². The average Bonchev–Trinajstić information content (AvgIpc) is 2.43. The number of hydrogen-bond acceptors (Lipinski definition) is 4. The Morgan fingerprint density at radius 3 is 2.62 bits per heavy atom. The zero-order valence-corrected chi connectivity index (χ0v) is 13.0. The number of hydrogen-bond donors (Lipinski definition) is 1. The third-order valence-corrected chi connectivity index (χ3v) is 3.58. The first kappa shape index (κ1) is 15.3. The topological polar surface area (TPSA) is 64.2 Å². The van der Waals surface area contributed by atoms with Crippen LogP contribution in [0.4, 0.5) is 5.69 Å². The quantitative estimate of drug-likeness (QED) is 0.927. The summed E-state index contributed by atoms with van der Waals surface area (Å²) in [5.74, 6) is 0. The molecule has 0 aliphatic carbocycles. The fourth-order valence-corrected chi connectivity index (χ4v) is 2.25. The second kappa shape index (κ2) is 6.10. The number of anilines is 1. The molecule has 21 heavy (non-hydrogen) atoms. The van der Waals surface area contributed by atoms with E-state index in [1.807, 2.05) is 32.8 Å². The standard InChI is InChI=1S/C16H22N4O/c1-11-5-6-12(2)14(7-11)15(17)10-20-16(21)8-13(9-18-20)19(3)4/h5-9,15H,10,17H2,1-4H3. The van der Waals surface area contributed by atoms with Gasteiger partial charge in [-0.15, -0.1) is 0 Å². The van der Waals surface area contributed by atoms with Crippen molar-refractivity contribution in [2.75, 3.05) is 19.0 Å². The number of benzene rings is 1. The van der Waals surface area contributed by atoms with Gasteiger partial charge in [0.2, 0.25) is 0 Å². The largest absolute Gasteiger partial charge is 0.376 e. The van der Waals surface area contributed by atoms with Crippen LogP contribution < -0.4 is 16.2 Å². The van der Waals surface area contributed by atoms with Crippen LogP contribution in [0.3, 0.4) is 0 Å². The maximum absolute atomic E-state index is 12.1. The van der Waals surface area contributed by atoms with Crippen molar-refractivity contribution in [2.45, 2.75) is 26.4 Å². The third-order valence-electron chi connectivity index (χ3n) is 3.58. The van der Waals surface area contributed by atoms with Gasteiger partial charge in [-0.1, -0.05) is 23.8 Å². The lowest BCUT2D eigenvalue weighted by atomic mass is 9.99. The van der Waals surface area contributed by atoms with Crippen LogP contribution in [0, 0.1) is 13.8 Å². The summed E-state index contributed by atoms with van der Waals surface area (Å²) in [6.07, 6.45) is 1.68. The highest BCUT2D eigenvalue weighted by Crippen LogP contribution is 2.18. The van der Waals surface area contributed by atoms with Gasteiger partial charge in [0, 0.05) is 26.2 Å². The summed E-state index contributed by atoms with van der Waals surface area (Å²) in [4.78, 5) is 13.9. The zero-order chi connectivity index (χ0) is 15.6. The van der Waals surface area contributed by atoms with Crippen LogP contribution in [0.5, 0.6) is 0 Å². The molecule has 0 aliphatic rings. The van der Waals surface area contributed by atoms with Crippen molar-refractivity contribution in [1.29, 1.82) is 0 Å². The highest BCUT2D eigenvalue weighted by molar-refractivity contribution is 5.40. The van der Waals surface area contributed by atoms with Crippen LogP contribution >= 0.6 is 0 Å². The first-order chi connectivity index (χ1) is 9.88. The van der Waals surface area contributed by atoms with E-state index < -0.39 is 0 Å². The maximum atomic E-state index is 12.1. The molecule has 1 aromatic carbocycles. The smallest absolute Gasteiger partial charge is 0.268 e. The molecule has 2 rings (SSSR count). The van der Waals surface area contributed by atoms with E-state index in [2.05, 4.69) is 23.3 Å². The minimum absolute atomic E-state index is 0.137. The van der Waals surface area contributed by atoms with Gasteiger partial charge in [-0.25, -0.2) is 4.68 Å². The minimum Gasteiger partial charge on any atom is -0.376 e. The molecule has 5 heteroatoms. The molecule has 1 unspecified atom stereocenters. The van der Waals surface area contributed by atoms with Crippen LogP contribution in [-0.4, -0.2) is 23.9 Å². The van der Waals surface area contributed by atoms with Crippen molar-refractivity contribution < 1.29 is 0 Å². The molecule has 0 fully saturated rings. The Morgan fingerprint density at radius 2 is 2.00 bits per heavy atom. The Balaban J connectivity index is 2.25. The predicted molar refractivity (Wildman–Crippen MR) is 85.7 cm³/mol. The molecule has 2 aromatic rings. The van der Waals surface area contributed by atoms with Crippen molar-refractivity contribution in [2.24, 2.45) is 5.73 Å². The summed E-state index contributed by atoms with van der Waals surface area (Å²) in [5.41, 5.74) is 10.3. The van der Waals surface area contributed by atoms with Gasteiger partial charge in [0.25, 0.3) is 5.56 Å². The minimum atomic E-state index is -0.250. The Morgan fingerprint density at radius 1 is 1.29 bits per heavy atom. The summed E-state index contributed by atoms with van der Waals surface area (Å²) in [6.45, 7) is 4.43. The first-order valence-corrected chi connectivity index (χ1v) is 6.95. The maximum Gasteiger partial charge on any atom is 0.268 e. The molecule has 0 spiro atoms. The van der Waals surface area contributed by atoms with Gasteiger partial charge in [0.1, 0.15) is 0 Å². The van der Waals surface area contributed by atoms with Gasteiger partial charge >= 0.3 is 0 Å². The summed E-state index contributed by atoms with van der Waals surface area (Å²) in [6, 6.07) is 7.50. The van der Waals surface area contributed by atoms with Crippen LogP contribution in [0.2, 0.25) is 0 Å². The second-order valence-electron chi connectivity index (χ2n) is 5.60. The Bertz CT molecular complexity index is 691. The van der Waals surface area contributed by atoms with Crippen molar-refractivity contribution in [3.05, 3.63) is 57.5 Å².